The summed E-state index contributed by atoms with van der Waals surface area (Å²) in [5, 5.41) is 12.1. The van der Waals surface area contributed by atoms with Crippen LogP contribution in [-0.2, 0) is 9.59 Å². The van der Waals surface area contributed by atoms with Gasteiger partial charge in [0, 0.05) is 11.6 Å². The van der Waals surface area contributed by atoms with Crippen LogP contribution in [0.5, 0.6) is 0 Å². The van der Waals surface area contributed by atoms with E-state index >= 15 is 0 Å². The number of fused-ring (bicyclic) bond motifs is 1. The van der Waals surface area contributed by atoms with E-state index in [1.165, 1.54) is 22.0 Å². The van der Waals surface area contributed by atoms with E-state index in [9.17, 15) is 9.59 Å². The van der Waals surface area contributed by atoms with Crippen molar-refractivity contribution >= 4 is 40.2 Å². The van der Waals surface area contributed by atoms with E-state index in [-0.39, 0.29) is 18.4 Å². The summed E-state index contributed by atoms with van der Waals surface area (Å²) in [6.45, 7) is 0.0595. The molecule has 2 N–H and O–H groups in total. The van der Waals surface area contributed by atoms with Gasteiger partial charge in [0.1, 0.15) is 6.54 Å². The van der Waals surface area contributed by atoms with Crippen molar-refractivity contribution in [3.05, 3.63) is 48.5 Å². The second-order valence-corrected chi connectivity index (χ2v) is 6.80. The quantitative estimate of drug-likeness (QED) is 0.757. The summed E-state index contributed by atoms with van der Waals surface area (Å²) in [5.41, 5.74) is 1.83. The summed E-state index contributed by atoms with van der Waals surface area (Å²) in [6.07, 6.45) is 0. The van der Waals surface area contributed by atoms with Crippen molar-refractivity contribution < 1.29 is 9.59 Å². The van der Waals surface area contributed by atoms with Crippen LogP contribution in [0.1, 0.15) is 0 Å². The second kappa shape index (κ2) is 6.60. The number of anilines is 1. The molecule has 126 valence electrons. The number of H-pyrrole nitrogens is 1. The standard InChI is InChI=1S/C18H16N4O2S/c23-17(9-22-11-25-10-18(22)24)19-16-8-15(20-21-16)14-6-5-12-3-1-2-4-13(12)7-14/h1-8H,9-11H2,(H2,19,20,21,23). The van der Waals surface area contributed by atoms with Gasteiger partial charge in [0.05, 0.1) is 17.3 Å². The van der Waals surface area contributed by atoms with Gasteiger partial charge in [0.25, 0.3) is 0 Å². The summed E-state index contributed by atoms with van der Waals surface area (Å²) in [4.78, 5) is 25.2. The molecule has 0 saturated carbocycles. The molecule has 25 heavy (non-hydrogen) atoms. The fourth-order valence-corrected chi connectivity index (χ4v) is 3.69. The first-order valence-corrected chi connectivity index (χ1v) is 9.04. The molecular weight excluding hydrogens is 336 g/mol. The Morgan fingerprint density at radius 1 is 1.20 bits per heavy atom. The van der Waals surface area contributed by atoms with E-state index in [1.54, 1.807) is 6.07 Å². The Morgan fingerprint density at radius 2 is 2.04 bits per heavy atom. The summed E-state index contributed by atoms with van der Waals surface area (Å²) in [7, 11) is 0. The number of thioether (sulfide) groups is 1. The lowest BCUT2D eigenvalue weighted by Crippen LogP contribution is -2.34. The largest absolute Gasteiger partial charge is 0.323 e. The lowest BCUT2D eigenvalue weighted by Gasteiger charge is -2.13. The number of hydrogen-bond acceptors (Lipinski definition) is 4. The number of carbonyl (C=O) groups is 2. The van der Waals surface area contributed by atoms with Crippen molar-refractivity contribution in [2.45, 2.75) is 0 Å². The molecule has 0 radical (unpaired) electrons. The van der Waals surface area contributed by atoms with E-state index in [1.807, 2.05) is 18.2 Å². The molecule has 0 spiro atoms. The van der Waals surface area contributed by atoms with E-state index < -0.39 is 0 Å². The van der Waals surface area contributed by atoms with Crippen LogP contribution >= 0.6 is 11.8 Å². The first-order valence-electron chi connectivity index (χ1n) is 7.89. The monoisotopic (exact) mass is 352 g/mol. The maximum Gasteiger partial charge on any atom is 0.245 e. The smallest absolute Gasteiger partial charge is 0.245 e. The number of carbonyl (C=O) groups excluding carboxylic acids is 2. The molecule has 0 aliphatic carbocycles. The highest BCUT2D eigenvalue weighted by Crippen LogP contribution is 2.24. The zero-order valence-corrected chi connectivity index (χ0v) is 14.2. The number of hydrogen-bond donors (Lipinski definition) is 2. The normalized spacial score (nSPS) is 14.2. The van der Waals surface area contributed by atoms with Crippen LogP contribution in [0.15, 0.2) is 48.5 Å². The molecule has 1 aliphatic heterocycles. The Kier molecular flexibility index (Phi) is 4.15. The molecule has 2 amide bonds. The molecule has 1 fully saturated rings. The lowest BCUT2D eigenvalue weighted by molar-refractivity contribution is -0.130. The van der Waals surface area contributed by atoms with Gasteiger partial charge in [-0.15, -0.1) is 11.8 Å². The van der Waals surface area contributed by atoms with Crippen LogP contribution < -0.4 is 5.32 Å². The first kappa shape index (κ1) is 15.7. The minimum atomic E-state index is -0.243. The molecule has 6 nitrogen and oxygen atoms in total. The predicted molar refractivity (Wildman–Crippen MR) is 99.2 cm³/mol. The average Bonchev–Trinajstić information content (AvgIpc) is 3.24. The van der Waals surface area contributed by atoms with Crippen LogP contribution in [0.3, 0.4) is 0 Å². The average molecular weight is 352 g/mol. The molecule has 1 aliphatic rings. The second-order valence-electron chi connectivity index (χ2n) is 5.85. The number of rotatable bonds is 4. The first-order chi connectivity index (χ1) is 12.2. The number of amides is 2. The minimum Gasteiger partial charge on any atom is -0.323 e. The topological polar surface area (TPSA) is 78.1 Å². The highest BCUT2D eigenvalue weighted by Gasteiger charge is 2.23. The number of aromatic nitrogens is 2. The van der Waals surface area contributed by atoms with Crippen LogP contribution in [0, 0.1) is 0 Å². The third-order valence-corrected chi connectivity index (χ3v) is 5.01. The number of nitrogens with one attached hydrogen (secondary N) is 2. The van der Waals surface area contributed by atoms with Crippen LogP contribution in [0.2, 0.25) is 0 Å². The third-order valence-electron chi connectivity index (χ3n) is 4.07. The molecule has 3 aromatic rings. The molecule has 0 unspecified atom stereocenters. The molecule has 1 saturated heterocycles. The van der Waals surface area contributed by atoms with Gasteiger partial charge in [0.15, 0.2) is 5.82 Å². The van der Waals surface area contributed by atoms with E-state index in [4.69, 9.17) is 0 Å². The van der Waals surface area contributed by atoms with Crippen LogP contribution in [0.4, 0.5) is 5.82 Å². The van der Waals surface area contributed by atoms with Gasteiger partial charge in [0.2, 0.25) is 11.8 Å². The summed E-state index contributed by atoms with van der Waals surface area (Å²) in [5.74, 6) is 1.22. The van der Waals surface area contributed by atoms with Gasteiger partial charge < -0.3 is 10.2 Å². The summed E-state index contributed by atoms with van der Waals surface area (Å²) >= 11 is 1.52. The van der Waals surface area contributed by atoms with Gasteiger partial charge in [-0.2, -0.15) is 5.10 Å². The highest BCUT2D eigenvalue weighted by atomic mass is 32.2. The zero-order valence-electron chi connectivity index (χ0n) is 13.4. The Morgan fingerprint density at radius 3 is 2.84 bits per heavy atom. The maximum atomic E-state index is 12.1. The highest BCUT2D eigenvalue weighted by molar-refractivity contribution is 8.00. The van der Waals surface area contributed by atoms with Crippen molar-refractivity contribution in [2.24, 2.45) is 0 Å². The summed E-state index contributed by atoms with van der Waals surface area (Å²) in [6, 6.07) is 16.1. The molecule has 4 rings (SSSR count). The predicted octanol–water partition coefficient (Wildman–Crippen LogP) is 2.70. The molecule has 7 heteroatoms. The maximum absolute atomic E-state index is 12.1. The van der Waals surface area contributed by atoms with E-state index in [2.05, 4.69) is 39.8 Å². The van der Waals surface area contributed by atoms with Crippen LogP contribution in [-0.4, -0.2) is 45.1 Å². The third kappa shape index (κ3) is 3.36. The van der Waals surface area contributed by atoms with E-state index in [0.717, 1.165) is 16.6 Å². The molecule has 0 bridgehead atoms. The van der Waals surface area contributed by atoms with Crippen molar-refractivity contribution in [3.8, 4) is 11.3 Å². The number of benzene rings is 2. The van der Waals surface area contributed by atoms with Gasteiger partial charge in [-0.3, -0.25) is 14.7 Å². The Hall–Kier alpha value is -2.80. The van der Waals surface area contributed by atoms with Crippen molar-refractivity contribution in [1.29, 1.82) is 0 Å². The zero-order chi connectivity index (χ0) is 17.2. The molecule has 2 heterocycles. The van der Waals surface area contributed by atoms with Gasteiger partial charge in [-0.1, -0.05) is 36.4 Å². The number of nitrogens with zero attached hydrogens (tertiary/aromatic N) is 2. The minimum absolute atomic E-state index is 0.000898. The summed E-state index contributed by atoms with van der Waals surface area (Å²) < 4.78 is 0. The van der Waals surface area contributed by atoms with Crippen LogP contribution in [0.25, 0.3) is 22.0 Å². The van der Waals surface area contributed by atoms with Gasteiger partial charge in [-0.25, -0.2) is 0 Å². The molecular formula is C18H16N4O2S. The fraction of sp³-hybridized carbons (Fsp3) is 0.167. The van der Waals surface area contributed by atoms with Crippen molar-refractivity contribution in [1.82, 2.24) is 15.1 Å². The molecule has 0 atom stereocenters. The number of aromatic amines is 1. The van der Waals surface area contributed by atoms with Gasteiger partial charge >= 0.3 is 0 Å². The van der Waals surface area contributed by atoms with Crippen molar-refractivity contribution in [2.75, 3.05) is 23.5 Å². The lowest BCUT2D eigenvalue weighted by atomic mass is 10.1. The van der Waals surface area contributed by atoms with E-state index in [0.29, 0.717) is 17.4 Å². The van der Waals surface area contributed by atoms with Crippen molar-refractivity contribution in [3.63, 3.8) is 0 Å². The SMILES string of the molecule is O=C(CN1CSCC1=O)Nc1cc(-c2ccc3ccccc3c2)[nH]n1. The Labute approximate surface area is 148 Å². The van der Waals surface area contributed by atoms with Gasteiger partial charge in [-0.05, 0) is 16.8 Å². The Balaban J connectivity index is 1.47. The Bertz CT molecular complexity index is 953. The fourth-order valence-electron chi connectivity index (χ4n) is 2.79. The molecule has 1 aromatic heterocycles. The molecule has 2 aromatic carbocycles.